The molecule has 0 amide bonds. The number of carboxylic acids is 2. The van der Waals surface area contributed by atoms with E-state index in [1.54, 1.807) is 0 Å². The van der Waals surface area contributed by atoms with Gasteiger partial charge in [-0.05, 0) is 6.92 Å². The Morgan fingerprint density at radius 3 is 1.50 bits per heavy atom. The number of aliphatic carboxylic acids is 2. The number of ketones is 1. The zero-order chi connectivity index (χ0) is 10.1. The molecule has 0 heterocycles. The molecule has 0 unspecified atom stereocenters. The second-order valence-electron chi connectivity index (χ2n) is 1.87. The van der Waals surface area contributed by atoms with Gasteiger partial charge in [0.15, 0.2) is 0 Å². The minimum Gasteiger partial charge on any atom is -0.481 e. The summed E-state index contributed by atoms with van der Waals surface area (Å²) in [6.45, 7) is 0.966. The largest absolute Gasteiger partial charge is 0.481 e. The zero-order valence-electron chi connectivity index (χ0n) is 6.61. The molecule has 12 heavy (non-hydrogen) atoms. The van der Waals surface area contributed by atoms with E-state index in [9.17, 15) is 14.4 Å². The van der Waals surface area contributed by atoms with E-state index in [1.165, 1.54) is 6.92 Å². The minimum atomic E-state index is -1.06. The van der Waals surface area contributed by atoms with E-state index in [1.807, 2.05) is 0 Å². The molecule has 0 bridgehead atoms. The Hall–Kier alpha value is -1.43. The normalized spacial score (nSPS) is 7.83. The number of hydrogen-bond donors (Lipinski definition) is 3. The molecule has 6 heteroatoms. The lowest BCUT2D eigenvalue weighted by Gasteiger charge is -1.80. The molecule has 70 valence electrons. The van der Waals surface area contributed by atoms with Crippen molar-refractivity contribution < 1.29 is 24.6 Å². The third-order valence-electron chi connectivity index (χ3n) is 0.575. The number of hydrogen-bond acceptors (Lipinski definition) is 4. The predicted molar refractivity (Wildman–Crippen MR) is 39.6 cm³/mol. The highest BCUT2D eigenvalue weighted by Crippen LogP contribution is 1.77. The molecule has 0 atom stereocenters. The first-order valence-corrected chi connectivity index (χ1v) is 3.03. The molecule has 0 aliphatic heterocycles. The standard InChI is InChI=1S/C4H6O3.C2H5NO2/c1-3(5)2-4(6)7;3-1-2(4)5/h2H2,1H3,(H,6,7);1,3H2,(H,4,5). The van der Waals surface area contributed by atoms with Gasteiger partial charge in [-0.2, -0.15) is 0 Å². The second kappa shape index (κ2) is 7.67. The van der Waals surface area contributed by atoms with Crippen molar-refractivity contribution in [1.82, 2.24) is 0 Å². The van der Waals surface area contributed by atoms with E-state index >= 15 is 0 Å². The molecule has 0 aliphatic carbocycles. The zero-order valence-corrected chi connectivity index (χ0v) is 6.61. The summed E-state index contributed by atoms with van der Waals surface area (Å²) in [5, 5.41) is 15.5. The van der Waals surface area contributed by atoms with Crippen LogP contribution in [0.4, 0.5) is 0 Å². The Morgan fingerprint density at radius 1 is 1.17 bits per heavy atom. The number of carboxylic acid groups (broad SMARTS) is 2. The van der Waals surface area contributed by atoms with Crippen LogP contribution in [-0.2, 0) is 14.4 Å². The van der Waals surface area contributed by atoms with E-state index in [0.717, 1.165) is 0 Å². The predicted octanol–water partition coefficient (Wildman–Crippen LogP) is -0.920. The summed E-state index contributed by atoms with van der Waals surface area (Å²) in [7, 11) is 0. The molecule has 0 radical (unpaired) electrons. The van der Waals surface area contributed by atoms with Gasteiger partial charge in [0.25, 0.3) is 0 Å². The first kappa shape index (κ1) is 13.2. The Bertz CT molecular complexity index is 165. The SMILES string of the molecule is CC(=O)CC(=O)O.NCC(=O)O. The van der Waals surface area contributed by atoms with Gasteiger partial charge in [-0.15, -0.1) is 0 Å². The first-order valence-electron chi connectivity index (χ1n) is 3.03. The maximum Gasteiger partial charge on any atom is 0.317 e. The molecule has 0 fully saturated rings. The number of carbonyl (C=O) groups is 3. The quantitative estimate of drug-likeness (QED) is 0.480. The Morgan fingerprint density at radius 2 is 1.50 bits per heavy atom. The molecule has 0 aromatic carbocycles. The van der Waals surface area contributed by atoms with E-state index in [0.29, 0.717) is 0 Å². The fraction of sp³-hybridized carbons (Fsp3) is 0.500. The molecule has 0 aromatic rings. The number of carbonyl (C=O) groups excluding carboxylic acids is 1. The van der Waals surface area contributed by atoms with E-state index in [4.69, 9.17) is 10.2 Å². The van der Waals surface area contributed by atoms with E-state index in [2.05, 4.69) is 5.73 Å². The topological polar surface area (TPSA) is 118 Å². The van der Waals surface area contributed by atoms with Crippen LogP contribution in [0.3, 0.4) is 0 Å². The summed E-state index contributed by atoms with van der Waals surface area (Å²) in [6, 6.07) is 0. The minimum absolute atomic E-state index is 0.278. The highest BCUT2D eigenvalue weighted by molar-refractivity contribution is 5.93. The molecule has 4 N–H and O–H groups in total. The van der Waals surface area contributed by atoms with Crippen molar-refractivity contribution in [3.8, 4) is 0 Å². The second-order valence-corrected chi connectivity index (χ2v) is 1.87. The lowest BCUT2D eigenvalue weighted by atomic mass is 10.3. The van der Waals surface area contributed by atoms with Gasteiger partial charge in [0.2, 0.25) is 0 Å². The van der Waals surface area contributed by atoms with Crippen LogP contribution in [-0.4, -0.2) is 34.5 Å². The molecular weight excluding hydrogens is 166 g/mol. The summed E-state index contributed by atoms with van der Waals surface area (Å²) in [4.78, 5) is 28.7. The monoisotopic (exact) mass is 177 g/mol. The van der Waals surface area contributed by atoms with Crippen molar-refractivity contribution in [2.45, 2.75) is 13.3 Å². The van der Waals surface area contributed by atoms with Gasteiger partial charge < -0.3 is 15.9 Å². The van der Waals surface area contributed by atoms with Crippen molar-refractivity contribution in [3.63, 3.8) is 0 Å². The maximum atomic E-state index is 9.87. The van der Waals surface area contributed by atoms with Gasteiger partial charge in [-0.1, -0.05) is 0 Å². The Balaban J connectivity index is 0. The van der Waals surface area contributed by atoms with Gasteiger partial charge >= 0.3 is 11.9 Å². The number of nitrogens with two attached hydrogens (primary N) is 1. The summed E-state index contributed by atoms with van der Waals surface area (Å²) >= 11 is 0. The molecule has 0 aliphatic rings. The van der Waals surface area contributed by atoms with Crippen molar-refractivity contribution in [2.24, 2.45) is 5.73 Å². The highest BCUT2D eigenvalue weighted by atomic mass is 16.4. The van der Waals surface area contributed by atoms with Crippen LogP contribution in [0.25, 0.3) is 0 Å². The van der Waals surface area contributed by atoms with Crippen LogP contribution in [0, 0.1) is 0 Å². The summed E-state index contributed by atoms with van der Waals surface area (Å²) in [5.41, 5.74) is 4.57. The van der Waals surface area contributed by atoms with Gasteiger partial charge in [0.1, 0.15) is 12.2 Å². The summed E-state index contributed by atoms with van der Waals surface area (Å²) < 4.78 is 0. The van der Waals surface area contributed by atoms with Crippen LogP contribution < -0.4 is 5.73 Å². The lowest BCUT2D eigenvalue weighted by Crippen LogP contribution is -2.10. The third kappa shape index (κ3) is 23.5. The van der Waals surface area contributed by atoms with Gasteiger partial charge in [-0.3, -0.25) is 14.4 Å². The van der Waals surface area contributed by atoms with Gasteiger partial charge in [-0.25, -0.2) is 0 Å². The summed E-state index contributed by atoms with van der Waals surface area (Å²) in [6.07, 6.45) is -0.361. The van der Waals surface area contributed by atoms with E-state index < -0.39 is 11.9 Å². The average Bonchev–Trinajstić information content (AvgIpc) is 1.85. The maximum absolute atomic E-state index is 9.87. The van der Waals surface area contributed by atoms with Crippen LogP contribution >= 0.6 is 0 Å². The molecule has 0 rings (SSSR count). The number of Topliss-reactive ketones (excluding diaryl/α,β-unsaturated/α-hetero) is 1. The number of rotatable bonds is 3. The molecule has 0 saturated carbocycles. The average molecular weight is 177 g/mol. The summed E-state index contributed by atoms with van der Waals surface area (Å²) in [5.74, 6) is -2.34. The molecule has 6 nitrogen and oxygen atoms in total. The fourth-order valence-electron chi connectivity index (χ4n) is 0.213. The molecular formula is C6H11NO5. The van der Waals surface area contributed by atoms with Crippen molar-refractivity contribution in [2.75, 3.05) is 6.54 Å². The van der Waals surface area contributed by atoms with Crippen molar-refractivity contribution in [1.29, 1.82) is 0 Å². The van der Waals surface area contributed by atoms with Crippen LogP contribution in [0.15, 0.2) is 0 Å². The van der Waals surface area contributed by atoms with Gasteiger partial charge in [0.05, 0.1) is 6.54 Å². The molecule has 0 spiro atoms. The third-order valence-corrected chi connectivity index (χ3v) is 0.575. The smallest absolute Gasteiger partial charge is 0.317 e. The molecule has 0 saturated heterocycles. The van der Waals surface area contributed by atoms with Gasteiger partial charge in [0, 0.05) is 0 Å². The Labute approximate surface area is 69.0 Å². The van der Waals surface area contributed by atoms with Crippen LogP contribution in [0.2, 0.25) is 0 Å². The highest BCUT2D eigenvalue weighted by Gasteiger charge is 1.98. The van der Waals surface area contributed by atoms with Crippen molar-refractivity contribution in [3.05, 3.63) is 0 Å². The van der Waals surface area contributed by atoms with Crippen molar-refractivity contribution >= 4 is 17.7 Å². The van der Waals surface area contributed by atoms with Crippen LogP contribution in [0.1, 0.15) is 13.3 Å². The van der Waals surface area contributed by atoms with Crippen LogP contribution in [0.5, 0.6) is 0 Å². The van der Waals surface area contributed by atoms with E-state index in [-0.39, 0.29) is 18.7 Å². The fourth-order valence-corrected chi connectivity index (χ4v) is 0.213. The Kier molecular flexibility index (Phi) is 8.43. The first-order chi connectivity index (χ1) is 5.40. The molecule has 0 aromatic heterocycles. The lowest BCUT2D eigenvalue weighted by molar-refractivity contribution is -0.140.